The first-order valence-corrected chi connectivity index (χ1v) is 39.8. The van der Waals surface area contributed by atoms with Gasteiger partial charge in [0.2, 0.25) is 0 Å². The van der Waals surface area contributed by atoms with Gasteiger partial charge in [0, 0.05) is 25.7 Å². The van der Waals surface area contributed by atoms with Crippen molar-refractivity contribution in [3.63, 3.8) is 0 Å². The van der Waals surface area contributed by atoms with Crippen molar-refractivity contribution in [2.24, 2.45) is 11.8 Å². The quantitative estimate of drug-likeness (QED) is 0.0169. The summed E-state index contributed by atoms with van der Waals surface area (Å²) in [4.78, 5) is 72.6. The number of carbonyl (C=O) groups excluding carboxylic acids is 4. The van der Waals surface area contributed by atoms with E-state index < -0.39 is 97.5 Å². The number of aliphatic hydroxyl groups excluding tert-OH is 1. The van der Waals surface area contributed by atoms with Crippen molar-refractivity contribution in [3.05, 3.63) is 24.3 Å². The van der Waals surface area contributed by atoms with Gasteiger partial charge in [0.15, 0.2) is 12.2 Å². The maximum atomic E-state index is 13.0. The summed E-state index contributed by atoms with van der Waals surface area (Å²) < 4.78 is 68.3. The molecule has 0 heterocycles. The van der Waals surface area contributed by atoms with Gasteiger partial charge in [-0.25, -0.2) is 9.13 Å². The number of hydrogen-bond donors (Lipinski definition) is 3. The standard InChI is InChI=1S/C72H136O17P2/c1-7-9-11-13-15-17-19-21-22-24-28-33-37-45-51-57-71(76)88-67(60-82-69(74)54-48-42-35-31-29-25-26-30-34-40-46-52-64(3)4)62-86-90(78,79)84-58-66(73)59-85-91(80,81)87-63-68(61-83-70(75)55-49-43-39-38-41-47-53-65(5)6)89-72(77)56-50-44-36-32-27-23-20-18-16-14-12-10-8-2/h17,19,21-22,64-68,73H,7-16,18,20,23-63H2,1-6H3,(H,78,79)(H,80,81)/b19-17-,22-21-/t66-,67-,68-/m1/s1. The number of aliphatic hydroxyl groups is 1. The van der Waals surface area contributed by atoms with E-state index in [0.29, 0.717) is 31.6 Å². The zero-order valence-electron chi connectivity index (χ0n) is 58.6. The maximum absolute atomic E-state index is 13.0. The average Bonchev–Trinajstić information content (AvgIpc) is 2.65. The lowest BCUT2D eigenvalue weighted by Crippen LogP contribution is -2.30. The summed E-state index contributed by atoms with van der Waals surface area (Å²) in [5, 5.41) is 10.6. The summed E-state index contributed by atoms with van der Waals surface area (Å²) in [6.45, 7) is 9.42. The van der Waals surface area contributed by atoms with Crippen LogP contribution >= 0.6 is 15.6 Å². The Hall–Kier alpha value is -2.46. The lowest BCUT2D eigenvalue weighted by atomic mass is 10.0. The van der Waals surface area contributed by atoms with Crippen LogP contribution in [0.5, 0.6) is 0 Å². The number of allylic oxidation sites excluding steroid dienone is 4. The van der Waals surface area contributed by atoms with Crippen LogP contribution < -0.4 is 0 Å². The molecule has 2 unspecified atom stereocenters. The van der Waals surface area contributed by atoms with Crippen LogP contribution in [0.4, 0.5) is 0 Å². The number of rotatable bonds is 69. The third-order valence-electron chi connectivity index (χ3n) is 16.1. The minimum absolute atomic E-state index is 0.0847. The average molecular weight is 1340 g/mol. The fourth-order valence-electron chi connectivity index (χ4n) is 10.4. The van der Waals surface area contributed by atoms with Gasteiger partial charge >= 0.3 is 39.5 Å². The van der Waals surface area contributed by atoms with Crippen LogP contribution in [0.2, 0.25) is 0 Å². The fourth-order valence-corrected chi connectivity index (χ4v) is 12.0. The third kappa shape index (κ3) is 66.0. The molecule has 17 nitrogen and oxygen atoms in total. The van der Waals surface area contributed by atoms with E-state index in [0.717, 1.165) is 115 Å². The molecule has 0 aliphatic heterocycles. The summed E-state index contributed by atoms with van der Waals surface area (Å²) in [6, 6.07) is 0. The van der Waals surface area contributed by atoms with Crippen LogP contribution in [0.25, 0.3) is 0 Å². The largest absolute Gasteiger partial charge is 0.472 e. The highest BCUT2D eigenvalue weighted by atomic mass is 31.2. The number of unbranched alkanes of at least 4 members (excludes halogenated alkanes) is 36. The molecule has 0 rings (SSSR count). The summed E-state index contributed by atoms with van der Waals surface area (Å²) in [7, 11) is -9.92. The number of ether oxygens (including phenoxy) is 4. The first-order valence-electron chi connectivity index (χ1n) is 36.8. The van der Waals surface area contributed by atoms with Gasteiger partial charge in [-0.05, 0) is 63.2 Å². The third-order valence-corrected chi connectivity index (χ3v) is 18.0. The van der Waals surface area contributed by atoms with E-state index in [-0.39, 0.29) is 25.7 Å². The molecule has 91 heavy (non-hydrogen) atoms. The molecule has 19 heteroatoms. The van der Waals surface area contributed by atoms with Crippen molar-refractivity contribution in [2.75, 3.05) is 39.6 Å². The van der Waals surface area contributed by atoms with Gasteiger partial charge in [-0.1, -0.05) is 291 Å². The second-order valence-electron chi connectivity index (χ2n) is 26.2. The zero-order chi connectivity index (χ0) is 67.2. The van der Waals surface area contributed by atoms with E-state index in [1.165, 1.54) is 141 Å². The molecule has 0 radical (unpaired) electrons. The Morgan fingerprint density at radius 2 is 0.593 bits per heavy atom. The molecular weight excluding hydrogens is 1200 g/mol. The summed E-state index contributed by atoms with van der Waals surface area (Å²) in [5.74, 6) is -0.707. The molecule has 0 aromatic carbocycles. The number of carbonyl (C=O) groups is 4. The topological polar surface area (TPSA) is 237 Å². The molecule has 0 saturated carbocycles. The zero-order valence-corrected chi connectivity index (χ0v) is 60.4. The highest BCUT2D eigenvalue weighted by molar-refractivity contribution is 7.47. The molecule has 536 valence electrons. The van der Waals surface area contributed by atoms with Gasteiger partial charge in [-0.15, -0.1) is 0 Å². The van der Waals surface area contributed by atoms with Crippen molar-refractivity contribution < 1.29 is 80.2 Å². The molecule has 0 aliphatic rings. The molecule has 5 atom stereocenters. The predicted molar refractivity (Wildman–Crippen MR) is 367 cm³/mol. The van der Waals surface area contributed by atoms with Crippen molar-refractivity contribution >= 4 is 39.5 Å². The fraction of sp³-hybridized carbons (Fsp3) is 0.889. The normalized spacial score (nSPS) is 14.3. The van der Waals surface area contributed by atoms with Gasteiger partial charge in [-0.2, -0.15) is 0 Å². The van der Waals surface area contributed by atoms with Crippen LogP contribution in [0.1, 0.15) is 343 Å². The summed E-state index contributed by atoms with van der Waals surface area (Å²) >= 11 is 0. The van der Waals surface area contributed by atoms with Gasteiger partial charge in [0.25, 0.3) is 0 Å². The van der Waals surface area contributed by atoms with E-state index in [9.17, 15) is 43.2 Å². The van der Waals surface area contributed by atoms with Crippen molar-refractivity contribution in [2.45, 2.75) is 362 Å². The van der Waals surface area contributed by atoms with E-state index in [2.05, 4.69) is 65.8 Å². The molecule has 0 saturated heterocycles. The Labute approximate surface area is 554 Å². The van der Waals surface area contributed by atoms with Crippen molar-refractivity contribution in [3.8, 4) is 0 Å². The highest BCUT2D eigenvalue weighted by Gasteiger charge is 2.30. The summed E-state index contributed by atoms with van der Waals surface area (Å²) in [6.07, 6.45) is 52.2. The lowest BCUT2D eigenvalue weighted by molar-refractivity contribution is -0.161. The number of phosphoric acid groups is 2. The maximum Gasteiger partial charge on any atom is 0.472 e. The smallest absolute Gasteiger partial charge is 0.462 e. The van der Waals surface area contributed by atoms with Crippen LogP contribution in [0.15, 0.2) is 24.3 Å². The Morgan fingerprint density at radius 1 is 0.341 bits per heavy atom. The number of phosphoric ester groups is 2. The van der Waals surface area contributed by atoms with E-state index in [1.807, 2.05) is 0 Å². The Kier molecular flexibility index (Phi) is 61.9. The molecular formula is C72H136O17P2. The number of hydrogen-bond acceptors (Lipinski definition) is 15. The molecule has 3 N–H and O–H groups in total. The first kappa shape index (κ1) is 88.5. The SMILES string of the molecule is CCCCCC/C=C\C=C/CCCCCCCC(=O)O[C@H](COC(=O)CCCCCCCCCCCCCC(C)C)COP(=O)(O)OC[C@@H](O)COP(=O)(O)OC[C@@H](COC(=O)CCCCCCCCC(C)C)OC(=O)CCCCCCCCCCCCCCC. The molecule has 0 spiro atoms. The highest BCUT2D eigenvalue weighted by Crippen LogP contribution is 2.45. The molecule has 0 aliphatic carbocycles. The Balaban J connectivity index is 5.28. The van der Waals surface area contributed by atoms with Gasteiger partial charge < -0.3 is 33.8 Å². The van der Waals surface area contributed by atoms with Gasteiger partial charge in [0.1, 0.15) is 19.3 Å². The second-order valence-corrected chi connectivity index (χ2v) is 29.2. The van der Waals surface area contributed by atoms with E-state index >= 15 is 0 Å². The molecule has 0 aromatic heterocycles. The Morgan fingerprint density at radius 3 is 0.901 bits per heavy atom. The second kappa shape index (κ2) is 63.6. The molecule has 0 aromatic rings. The van der Waals surface area contributed by atoms with E-state index in [1.54, 1.807) is 0 Å². The van der Waals surface area contributed by atoms with Crippen molar-refractivity contribution in [1.82, 2.24) is 0 Å². The molecule has 0 bridgehead atoms. The summed E-state index contributed by atoms with van der Waals surface area (Å²) in [5.41, 5.74) is 0. The van der Waals surface area contributed by atoms with Crippen molar-refractivity contribution in [1.29, 1.82) is 0 Å². The van der Waals surface area contributed by atoms with Crippen LogP contribution in [0.3, 0.4) is 0 Å². The predicted octanol–water partition coefficient (Wildman–Crippen LogP) is 20.3. The minimum atomic E-state index is -4.96. The molecule has 0 amide bonds. The monoisotopic (exact) mass is 1330 g/mol. The lowest BCUT2D eigenvalue weighted by Gasteiger charge is -2.21. The van der Waals surface area contributed by atoms with Gasteiger partial charge in [0.05, 0.1) is 26.4 Å². The molecule has 0 fully saturated rings. The van der Waals surface area contributed by atoms with Crippen LogP contribution in [-0.2, 0) is 65.4 Å². The van der Waals surface area contributed by atoms with Crippen LogP contribution in [-0.4, -0.2) is 96.7 Å². The Bertz CT molecular complexity index is 1860. The van der Waals surface area contributed by atoms with Crippen LogP contribution in [0, 0.1) is 11.8 Å². The van der Waals surface area contributed by atoms with Gasteiger partial charge in [-0.3, -0.25) is 37.3 Å². The van der Waals surface area contributed by atoms with E-state index in [4.69, 9.17) is 37.0 Å². The first-order chi connectivity index (χ1) is 43.9. The minimum Gasteiger partial charge on any atom is -0.462 e. The number of esters is 4.